The zero-order valence-corrected chi connectivity index (χ0v) is 18.8. The third kappa shape index (κ3) is 5.84. The molecule has 3 heterocycles. The van der Waals surface area contributed by atoms with Crippen molar-refractivity contribution in [3.8, 4) is 17.6 Å². The molecule has 2 aromatic heterocycles. The van der Waals surface area contributed by atoms with Crippen LogP contribution in [0.5, 0.6) is 5.75 Å². The minimum absolute atomic E-state index is 0.106. The highest BCUT2D eigenvalue weighted by Crippen LogP contribution is 2.35. The van der Waals surface area contributed by atoms with E-state index in [1.54, 1.807) is 31.8 Å². The van der Waals surface area contributed by atoms with Crippen molar-refractivity contribution in [2.45, 2.75) is 25.4 Å². The van der Waals surface area contributed by atoms with Crippen LogP contribution in [-0.4, -0.2) is 58.5 Å². The number of nitrogens with zero attached hydrogens (tertiary/aromatic N) is 4. The minimum Gasteiger partial charge on any atom is -0.497 e. The van der Waals surface area contributed by atoms with Gasteiger partial charge in [-0.2, -0.15) is 10.2 Å². The normalized spacial score (nSPS) is 19.6. The Bertz CT molecular complexity index is 1120. The first-order valence-electron chi connectivity index (χ1n) is 11.3. The number of alkyl halides is 1. The van der Waals surface area contributed by atoms with Crippen LogP contribution in [-0.2, 0) is 0 Å². The lowest BCUT2D eigenvalue weighted by molar-refractivity contribution is 0.0708. The predicted octanol–water partition coefficient (Wildman–Crippen LogP) is 3.81. The molecule has 1 saturated heterocycles. The van der Waals surface area contributed by atoms with Crippen LogP contribution in [0.3, 0.4) is 0 Å². The van der Waals surface area contributed by atoms with Crippen molar-refractivity contribution >= 4 is 10.9 Å². The number of aromatic nitrogens is 3. The molecule has 1 N–H and O–H groups in total. The first-order valence-corrected chi connectivity index (χ1v) is 11.3. The van der Waals surface area contributed by atoms with E-state index in [4.69, 9.17) is 4.74 Å². The molecule has 3 atom stereocenters. The smallest absolute Gasteiger partial charge is 0.126 e. The van der Waals surface area contributed by atoms with Crippen molar-refractivity contribution in [1.29, 1.82) is 0 Å². The summed E-state index contributed by atoms with van der Waals surface area (Å²) in [5.41, 5.74) is 2.26. The lowest BCUT2D eigenvalue weighted by Crippen LogP contribution is -2.42. The zero-order chi connectivity index (χ0) is 23.0. The van der Waals surface area contributed by atoms with Gasteiger partial charge in [-0.05, 0) is 73.5 Å². The topological polar surface area (TPSA) is 71.4 Å². The van der Waals surface area contributed by atoms with E-state index in [1.807, 2.05) is 24.3 Å². The molecule has 4 rings (SSSR count). The van der Waals surface area contributed by atoms with E-state index in [1.165, 1.54) is 0 Å². The Morgan fingerprint density at radius 2 is 2.12 bits per heavy atom. The quantitative estimate of drug-likeness (QED) is 0.555. The molecule has 0 saturated carbocycles. The number of pyridine rings is 1. The fourth-order valence-electron chi connectivity index (χ4n) is 4.57. The van der Waals surface area contributed by atoms with Crippen molar-refractivity contribution in [3.63, 3.8) is 0 Å². The predicted molar refractivity (Wildman–Crippen MR) is 125 cm³/mol. The van der Waals surface area contributed by atoms with Crippen LogP contribution in [0.1, 0.15) is 36.6 Å². The molecule has 33 heavy (non-hydrogen) atoms. The molecule has 172 valence electrons. The van der Waals surface area contributed by atoms with Crippen LogP contribution < -0.4 is 4.74 Å². The van der Waals surface area contributed by atoms with Crippen LogP contribution in [0.4, 0.5) is 4.39 Å². The van der Waals surface area contributed by atoms with Crippen molar-refractivity contribution in [3.05, 3.63) is 60.0 Å². The van der Waals surface area contributed by atoms with E-state index in [0.717, 1.165) is 42.4 Å². The first-order chi connectivity index (χ1) is 16.2. The van der Waals surface area contributed by atoms with Gasteiger partial charge in [-0.1, -0.05) is 11.8 Å². The molecule has 1 aliphatic rings. The number of likely N-dealkylation sites (tertiary alicyclic amines) is 1. The molecule has 0 unspecified atom stereocenters. The Hall–Kier alpha value is -3.08. The Balaban J connectivity index is 1.34. The number of methoxy groups -OCH3 is 1. The molecular weight excluding hydrogens is 419 g/mol. The number of hydrogen-bond acceptors (Lipinski definition) is 6. The molecule has 1 aliphatic heterocycles. The highest BCUT2D eigenvalue weighted by Gasteiger charge is 2.29. The summed E-state index contributed by atoms with van der Waals surface area (Å²) >= 11 is 0. The average Bonchev–Trinajstić information content (AvgIpc) is 2.87. The maximum Gasteiger partial charge on any atom is 0.126 e. The fourth-order valence-corrected chi connectivity index (χ4v) is 4.57. The van der Waals surface area contributed by atoms with Gasteiger partial charge in [0, 0.05) is 30.3 Å². The van der Waals surface area contributed by atoms with Crippen LogP contribution in [0.15, 0.2) is 48.9 Å². The minimum atomic E-state index is -1.08. The van der Waals surface area contributed by atoms with E-state index in [2.05, 4.69) is 31.9 Å². The summed E-state index contributed by atoms with van der Waals surface area (Å²) in [6, 6.07) is 9.14. The number of rotatable bonds is 7. The Morgan fingerprint density at radius 1 is 1.21 bits per heavy atom. The summed E-state index contributed by atoms with van der Waals surface area (Å²) < 4.78 is 20.6. The third-order valence-corrected chi connectivity index (χ3v) is 6.44. The van der Waals surface area contributed by atoms with Crippen LogP contribution in [0, 0.1) is 23.7 Å². The van der Waals surface area contributed by atoms with Crippen molar-refractivity contribution < 1.29 is 14.2 Å². The molecule has 1 fully saturated rings. The summed E-state index contributed by atoms with van der Waals surface area (Å²) in [5, 5.41) is 18.3. The van der Waals surface area contributed by atoms with Gasteiger partial charge in [-0.25, -0.2) is 4.39 Å². The molecule has 0 amide bonds. The molecule has 0 aliphatic carbocycles. The van der Waals surface area contributed by atoms with Crippen LogP contribution in [0.25, 0.3) is 10.9 Å². The number of halogens is 1. The number of hydrogen-bond donors (Lipinski definition) is 1. The van der Waals surface area contributed by atoms with E-state index in [-0.39, 0.29) is 12.5 Å². The number of benzene rings is 1. The fraction of sp³-hybridized carbons (Fsp3) is 0.423. The lowest BCUT2D eigenvalue weighted by Gasteiger charge is -2.37. The second-order valence-electron chi connectivity index (χ2n) is 8.49. The molecule has 3 aromatic rings. The summed E-state index contributed by atoms with van der Waals surface area (Å²) in [6.45, 7) is 2.42. The summed E-state index contributed by atoms with van der Waals surface area (Å²) in [5.74, 6) is 7.40. The highest BCUT2D eigenvalue weighted by atomic mass is 19.1. The van der Waals surface area contributed by atoms with Gasteiger partial charge in [0.2, 0.25) is 0 Å². The van der Waals surface area contributed by atoms with Gasteiger partial charge in [-0.15, -0.1) is 0 Å². The van der Waals surface area contributed by atoms with E-state index < -0.39 is 6.17 Å². The monoisotopic (exact) mass is 448 g/mol. The highest BCUT2D eigenvalue weighted by molar-refractivity contribution is 5.83. The largest absolute Gasteiger partial charge is 0.497 e. The number of aliphatic hydroxyl groups excluding tert-OH is 1. The maximum atomic E-state index is 15.3. The first kappa shape index (κ1) is 23.1. The number of fused-ring (bicyclic) bond motifs is 1. The summed E-state index contributed by atoms with van der Waals surface area (Å²) in [6.07, 6.45) is 5.94. The number of piperidine rings is 1. The molecule has 6 nitrogen and oxygen atoms in total. The molecule has 1 aromatic carbocycles. The van der Waals surface area contributed by atoms with Gasteiger partial charge >= 0.3 is 0 Å². The number of ether oxygens (including phenoxy) is 1. The molecule has 0 radical (unpaired) electrons. The summed E-state index contributed by atoms with van der Waals surface area (Å²) in [4.78, 5) is 6.61. The lowest BCUT2D eigenvalue weighted by atomic mass is 9.81. The number of aliphatic hydroxyl groups is 1. The van der Waals surface area contributed by atoms with Gasteiger partial charge in [0.05, 0.1) is 31.6 Å². The van der Waals surface area contributed by atoms with Gasteiger partial charge in [0.25, 0.3) is 0 Å². The standard InChI is InChI=1S/C26H29FN4O2/c1-33-22-5-7-26-24(15-22)23(9-11-28-26)25(27)6-4-20-10-14-31(17-21(20)18-32)13-2-3-19-8-12-29-30-16-19/h5,7-9,11-12,15-16,20-21,25,32H,4,6,10,13-14,17-18H2,1H3/t20-,21-,25+/m1/s1. The van der Waals surface area contributed by atoms with Gasteiger partial charge in [0.1, 0.15) is 11.9 Å². The molecule has 0 bridgehead atoms. The average molecular weight is 449 g/mol. The summed E-state index contributed by atoms with van der Waals surface area (Å²) in [7, 11) is 1.60. The third-order valence-electron chi connectivity index (χ3n) is 6.44. The SMILES string of the molecule is COc1ccc2nccc([C@@H](F)CC[C@@H]3CCN(CC#Cc4ccnnc4)C[C@@H]3CO)c2c1. The van der Waals surface area contributed by atoms with E-state index in [0.29, 0.717) is 30.2 Å². The maximum absolute atomic E-state index is 15.3. The van der Waals surface area contributed by atoms with Crippen molar-refractivity contribution in [2.75, 3.05) is 33.4 Å². The van der Waals surface area contributed by atoms with Crippen LogP contribution >= 0.6 is 0 Å². The zero-order valence-electron chi connectivity index (χ0n) is 18.8. The Morgan fingerprint density at radius 3 is 2.91 bits per heavy atom. The van der Waals surface area contributed by atoms with Gasteiger partial charge in [-0.3, -0.25) is 9.88 Å². The van der Waals surface area contributed by atoms with E-state index >= 15 is 4.39 Å². The van der Waals surface area contributed by atoms with Gasteiger partial charge in [0.15, 0.2) is 0 Å². The Kier molecular flexibility index (Phi) is 7.82. The second-order valence-corrected chi connectivity index (χ2v) is 8.49. The van der Waals surface area contributed by atoms with E-state index in [9.17, 15) is 5.11 Å². The van der Waals surface area contributed by atoms with Crippen molar-refractivity contribution in [2.24, 2.45) is 11.8 Å². The Labute approximate surface area is 193 Å². The van der Waals surface area contributed by atoms with Gasteiger partial charge < -0.3 is 9.84 Å². The molecule has 7 heteroatoms. The molecule has 0 spiro atoms. The van der Waals surface area contributed by atoms with Crippen molar-refractivity contribution in [1.82, 2.24) is 20.1 Å². The van der Waals surface area contributed by atoms with Crippen LogP contribution in [0.2, 0.25) is 0 Å². The second kappa shape index (κ2) is 11.2. The molecular formula is C26H29FN4O2.